The largest absolute Gasteiger partial charge is 0.480 e. The van der Waals surface area contributed by atoms with E-state index in [4.69, 9.17) is 4.74 Å². The van der Waals surface area contributed by atoms with Gasteiger partial charge in [-0.3, -0.25) is 9.69 Å². The van der Waals surface area contributed by atoms with Gasteiger partial charge in [0, 0.05) is 0 Å². The maximum atomic E-state index is 12.9. The van der Waals surface area contributed by atoms with Crippen LogP contribution in [0.3, 0.4) is 0 Å². The summed E-state index contributed by atoms with van der Waals surface area (Å²) in [6, 6.07) is 12.0. The fourth-order valence-electron chi connectivity index (χ4n) is 2.79. The molecule has 25 heavy (non-hydrogen) atoms. The lowest BCUT2D eigenvalue weighted by Crippen LogP contribution is -2.47. The van der Waals surface area contributed by atoms with E-state index < -0.39 is 17.9 Å². The van der Waals surface area contributed by atoms with Crippen LogP contribution in [0.4, 0.5) is 5.69 Å². The molecule has 1 N–H and O–H groups in total. The molecule has 1 amide bonds. The molecule has 2 aromatic rings. The van der Waals surface area contributed by atoms with E-state index in [1.165, 1.54) is 11.8 Å². The van der Waals surface area contributed by atoms with Crippen LogP contribution < -0.4 is 9.64 Å². The van der Waals surface area contributed by atoms with Crippen molar-refractivity contribution in [3.63, 3.8) is 0 Å². The van der Waals surface area contributed by atoms with Gasteiger partial charge in [0.15, 0.2) is 11.5 Å². The summed E-state index contributed by atoms with van der Waals surface area (Å²) in [5.74, 6) is -0.959. The molecule has 0 saturated heterocycles. The molecule has 1 heterocycles. The zero-order valence-electron chi connectivity index (χ0n) is 14.3. The van der Waals surface area contributed by atoms with E-state index >= 15 is 0 Å². The smallest absolute Gasteiger partial charge is 0.326 e. The Morgan fingerprint density at radius 3 is 2.56 bits per heavy atom. The van der Waals surface area contributed by atoms with Crippen molar-refractivity contribution in [2.24, 2.45) is 0 Å². The minimum atomic E-state index is -1.07. The summed E-state index contributed by atoms with van der Waals surface area (Å²) in [5.41, 5.74) is 3.27. The second-order valence-corrected chi connectivity index (χ2v) is 6.19. The molecule has 5 heteroatoms. The van der Waals surface area contributed by atoms with E-state index in [0.29, 0.717) is 11.4 Å². The number of carbonyl (C=O) groups excluding carboxylic acids is 1. The summed E-state index contributed by atoms with van der Waals surface area (Å²) in [7, 11) is 0. The standard InChI is InChI=1S/C20H19NO4/c1-12-5-4-6-15(9-12)11-18-19(22)21(14(3)20(23)24)16-10-13(2)7-8-17(16)25-18/h4-11,14H,1-3H3,(H,23,24)/b18-11+. The Morgan fingerprint density at radius 2 is 1.88 bits per heavy atom. The lowest BCUT2D eigenvalue weighted by molar-refractivity contribution is -0.139. The van der Waals surface area contributed by atoms with Crippen LogP contribution in [-0.4, -0.2) is 23.0 Å². The number of ether oxygens (including phenoxy) is 1. The summed E-state index contributed by atoms with van der Waals surface area (Å²) in [6.07, 6.45) is 1.64. The summed E-state index contributed by atoms with van der Waals surface area (Å²) in [5, 5.41) is 9.41. The Morgan fingerprint density at radius 1 is 1.16 bits per heavy atom. The van der Waals surface area contributed by atoms with Gasteiger partial charge in [0.05, 0.1) is 5.69 Å². The number of carboxylic acids is 1. The number of anilines is 1. The van der Waals surface area contributed by atoms with Gasteiger partial charge in [-0.15, -0.1) is 0 Å². The molecule has 0 spiro atoms. The Labute approximate surface area is 146 Å². The van der Waals surface area contributed by atoms with E-state index in [-0.39, 0.29) is 5.76 Å². The highest BCUT2D eigenvalue weighted by atomic mass is 16.5. The lowest BCUT2D eigenvalue weighted by atomic mass is 10.1. The predicted octanol–water partition coefficient (Wildman–Crippen LogP) is 3.54. The van der Waals surface area contributed by atoms with Crippen LogP contribution in [0.25, 0.3) is 6.08 Å². The summed E-state index contributed by atoms with van der Waals surface area (Å²) < 4.78 is 5.78. The van der Waals surface area contributed by atoms with Gasteiger partial charge in [-0.1, -0.05) is 35.9 Å². The third-order valence-electron chi connectivity index (χ3n) is 4.11. The number of benzene rings is 2. The van der Waals surface area contributed by atoms with Gasteiger partial charge in [-0.2, -0.15) is 0 Å². The molecular formula is C20H19NO4. The number of rotatable bonds is 3. The maximum absolute atomic E-state index is 12.9. The molecule has 1 atom stereocenters. The van der Waals surface area contributed by atoms with Gasteiger partial charge < -0.3 is 9.84 Å². The van der Waals surface area contributed by atoms with Gasteiger partial charge in [0.2, 0.25) is 0 Å². The van der Waals surface area contributed by atoms with Gasteiger partial charge in [-0.25, -0.2) is 4.79 Å². The van der Waals surface area contributed by atoms with Crippen LogP contribution in [0.15, 0.2) is 48.2 Å². The van der Waals surface area contributed by atoms with E-state index in [1.807, 2.05) is 44.2 Å². The van der Waals surface area contributed by atoms with Crippen molar-refractivity contribution in [2.45, 2.75) is 26.8 Å². The van der Waals surface area contributed by atoms with Crippen LogP contribution in [0.5, 0.6) is 5.75 Å². The fourth-order valence-corrected chi connectivity index (χ4v) is 2.79. The monoisotopic (exact) mass is 337 g/mol. The Balaban J connectivity index is 2.11. The molecule has 0 aliphatic carbocycles. The molecule has 1 aliphatic heterocycles. The first kappa shape index (κ1) is 16.8. The van der Waals surface area contributed by atoms with Crippen LogP contribution in [-0.2, 0) is 9.59 Å². The number of hydrogen-bond acceptors (Lipinski definition) is 3. The van der Waals surface area contributed by atoms with E-state index in [1.54, 1.807) is 18.2 Å². The summed E-state index contributed by atoms with van der Waals surface area (Å²) >= 11 is 0. The minimum Gasteiger partial charge on any atom is -0.480 e. The van der Waals surface area contributed by atoms with Gasteiger partial charge in [0.25, 0.3) is 5.91 Å². The number of aliphatic carboxylic acids is 1. The molecule has 1 unspecified atom stereocenters. The topological polar surface area (TPSA) is 66.8 Å². The highest BCUT2D eigenvalue weighted by molar-refractivity contribution is 6.12. The number of carboxylic acid groups (broad SMARTS) is 1. The third kappa shape index (κ3) is 3.26. The zero-order valence-corrected chi connectivity index (χ0v) is 14.3. The number of fused-ring (bicyclic) bond motifs is 1. The molecular weight excluding hydrogens is 318 g/mol. The average Bonchev–Trinajstić information content (AvgIpc) is 2.55. The molecule has 2 aromatic carbocycles. The second kappa shape index (κ2) is 6.43. The lowest BCUT2D eigenvalue weighted by Gasteiger charge is -2.33. The van der Waals surface area contributed by atoms with Gasteiger partial charge in [0.1, 0.15) is 6.04 Å². The Kier molecular flexibility index (Phi) is 4.31. The van der Waals surface area contributed by atoms with Crippen molar-refractivity contribution < 1.29 is 19.4 Å². The zero-order chi connectivity index (χ0) is 18.1. The number of carbonyl (C=O) groups is 2. The molecule has 0 bridgehead atoms. The molecule has 3 rings (SSSR count). The number of amides is 1. The Hall–Kier alpha value is -3.08. The van der Waals surface area contributed by atoms with E-state index in [9.17, 15) is 14.7 Å². The van der Waals surface area contributed by atoms with Crippen molar-refractivity contribution in [2.75, 3.05) is 4.90 Å². The molecule has 0 fully saturated rings. The first-order chi connectivity index (χ1) is 11.9. The third-order valence-corrected chi connectivity index (χ3v) is 4.11. The number of aryl methyl sites for hydroxylation is 2. The van der Waals surface area contributed by atoms with E-state index in [2.05, 4.69) is 0 Å². The molecule has 0 saturated carbocycles. The molecule has 5 nitrogen and oxygen atoms in total. The first-order valence-electron chi connectivity index (χ1n) is 8.00. The van der Waals surface area contributed by atoms with Crippen LogP contribution >= 0.6 is 0 Å². The van der Waals surface area contributed by atoms with Crippen LogP contribution in [0.1, 0.15) is 23.6 Å². The average molecular weight is 337 g/mol. The van der Waals surface area contributed by atoms with Gasteiger partial charge >= 0.3 is 5.97 Å². The highest BCUT2D eigenvalue weighted by Crippen LogP contribution is 2.37. The fraction of sp³-hybridized carbons (Fsp3) is 0.200. The molecule has 0 aromatic heterocycles. The van der Waals surface area contributed by atoms with Gasteiger partial charge in [-0.05, 0) is 50.1 Å². The summed E-state index contributed by atoms with van der Waals surface area (Å²) in [6.45, 7) is 5.33. The molecule has 128 valence electrons. The van der Waals surface area contributed by atoms with E-state index in [0.717, 1.165) is 16.7 Å². The quantitative estimate of drug-likeness (QED) is 0.870. The van der Waals surface area contributed by atoms with Crippen molar-refractivity contribution in [1.82, 2.24) is 0 Å². The molecule has 0 radical (unpaired) electrons. The Bertz CT molecular complexity index is 885. The minimum absolute atomic E-state index is 0.107. The van der Waals surface area contributed by atoms with Crippen molar-refractivity contribution in [3.05, 3.63) is 64.9 Å². The number of nitrogens with zero attached hydrogens (tertiary/aromatic N) is 1. The second-order valence-electron chi connectivity index (χ2n) is 6.19. The first-order valence-corrected chi connectivity index (χ1v) is 8.00. The highest BCUT2D eigenvalue weighted by Gasteiger charge is 2.36. The van der Waals surface area contributed by atoms with Crippen LogP contribution in [0.2, 0.25) is 0 Å². The van der Waals surface area contributed by atoms with Crippen molar-refractivity contribution >= 4 is 23.6 Å². The SMILES string of the molecule is Cc1cccc(/C=C2/Oc3ccc(C)cc3N(C(C)C(=O)O)C2=O)c1. The van der Waals surface area contributed by atoms with Crippen molar-refractivity contribution in [3.8, 4) is 5.75 Å². The van der Waals surface area contributed by atoms with Crippen molar-refractivity contribution in [1.29, 1.82) is 0 Å². The number of hydrogen-bond donors (Lipinski definition) is 1. The maximum Gasteiger partial charge on any atom is 0.326 e. The summed E-state index contributed by atoms with van der Waals surface area (Å²) in [4.78, 5) is 25.7. The normalized spacial score (nSPS) is 16.4. The predicted molar refractivity (Wildman–Crippen MR) is 95.5 cm³/mol. The van der Waals surface area contributed by atoms with Crippen LogP contribution in [0, 0.1) is 13.8 Å². The molecule has 1 aliphatic rings.